The summed E-state index contributed by atoms with van der Waals surface area (Å²) in [6.45, 7) is 4.07. The maximum absolute atomic E-state index is 11.4. The number of rotatable bonds is 3. The smallest absolute Gasteiger partial charge is 0.234 e. The number of likely N-dealkylation sites (N-methyl/N-ethyl adjacent to an activating group) is 1. The molecule has 2 aliphatic heterocycles. The number of carbonyl (C=O) groups excluding carboxylic acids is 1. The van der Waals surface area contributed by atoms with Crippen molar-refractivity contribution in [2.24, 2.45) is 5.73 Å². The summed E-state index contributed by atoms with van der Waals surface area (Å²) in [5, 5.41) is 0. The van der Waals surface area contributed by atoms with Gasteiger partial charge in [0.2, 0.25) is 5.91 Å². The molecule has 3 atom stereocenters. The first-order valence-corrected chi connectivity index (χ1v) is 6.38. The number of fused-ring (bicyclic) bond motifs is 2. The van der Waals surface area contributed by atoms with Gasteiger partial charge in [0, 0.05) is 25.2 Å². The summed E-state index contributed by atoms with van der Waals surface area (Å²) in [7, 11) is 2.22. The maximum Gasteiger partial charge on any atom is 0.234 e. The molecule has 0 aromatic heterocycles. The molecule has 2 heterocycles. The van der Waals surface area contributed by atoms with Crippen molar-refractivity contribution >= 4 is 5.91 Å². The highest BCUT2D eigenvalue weighted by molar-refractivity contribution is 5.79. The van der Waals surface area contributed by atoms with Crippen LogP contribution in [0.1, 0.15) is 32.6 Å². The lowest BCUT2D eigenvalue weighted by atomic mass is 10.1. The highest BCUT2D eigenvalue weighted by Gasteiger charge is 2.37. The van der Waals surface area contributed by atoms with E-state index >= 15 is 0 Å². The zero-order chi connectivity index (χ0) is 11.7. The normalized spacial score (nSPS) is 33.6. The zero-order valence-electron chi connectivity index (χ0n) is 10.4. The largest absolute Gasteiger partial charge is 0.368 e. The number of nitrogens with two attached hydrogens (primary N) is 1. The Labute approximate surface area is 97.8 Å². The average molecular weight is 225 g/mol. The average Bonchev–Trinajstić information content (AvgIpc) is 2.45. The monoisotopic (exact) mass is 225 g/mol. The molecule has 0 aliphatic carbocycles. The Bertz CT molecular complexity index is 269. The van der Waals surface area contributed by atoms with Gasteiger partial charge in [-0.3, -0.25) is 14.6 Å². The Morgan fingerprint density at radius 2 is 2.06 bits per heavy atom. The van der Waals surface area contributed by atoms with Crippen molar-refractivity contribution in [1.82, 2.24) is 9.80 Å². The second-order valence-corrected chi connectivity index (χ2v) is 5.16. The second kappa shape index (κ2) is 4.72. The van der Waals surface area contributed by atoms with Gasteiger partial charge >= 0.3 is 0 Å². The topological polar surface area (TPSA) is 49.6 Å². The summed E-state index contributed by atoms with van der Waals surface area (Å²) in [5.41, 5.74) is 5.47. The molecule has 2 aliphatic rings. The van der Waals surface area contributed by atoms with Gasteiger partial charge in [-0.15, -0.1) is 0 Å². The lowest BCUT2D eigenvalue weighted by Gasteiger charge is -2.30. The highest BCUT2D eigenvalue weighted by atomic mass is 16.1. The molecule has 2 N–H and O–H groups in total. The minimum atomic E-state index is -0.164. The third-order valence-electron chi connectivity index (χ3n) is 4.34. The molecule has 0 saturated carbocycles. The Kier molecular flexibility index (Phi) is 3.50. The quantitative estimate of drug-likeness (QED) is 0.757. The molecule has 4 nitrogen and oxygen atoms in total. The van der Waals surface area contributed by atoms with Gasteiger partial charge in [-0.25, -0.2) is 0 Å². The zero-order valence-corrected chi connectivity index (χ0v) is 10.4. The summed E-state index contributed by atoms with van der Waals surface area (Å²) >= 11 is 0. The summed E-state index contributed by atoms with van der Waals surface area (Å²) < 4.78 is 0. The van der Waals surface area contributed by atoms with E-state index in [4.69, 9.17) is 5.73 Å². The Hall–Kier alpha value is -0.610. The van der Waals surface area contributed by atoms with Gasteiger partial charge in [0.1, 0.15) is 0 Å². The SMILES string of the molecule is CCC(C(N)=O)N1CCC2CCC(C1)N2C. The van der Waals surface area contributed by atoms with Crippen LogP contribution in [-0.2, 0) is 4.79 Å². The van der Waals surface area contributed by atoms with E-state index in [1.165, 1.54) is 19.3 Å². The van der Waals surface area contributed by atoms with Gasteiger partial charge in [-0.05, 0) is 32.7 Å². The fourth-order valence-corrected chi connectivity index (χ4v) is 3.26. The first-order chi connectivity index (χ1) is 7.63. The number of primary amides is 1. The standard InChI is InChI=1S/C12H23N3O/c1-3-11(12(13)16)15-7-6-9-4-5-10(8-15)14(9)2/h9-11H,3-8H2,1-2H3,(H2,13,16). The van der Waals surface area contributed by atoms with Crippen LogP contribution in [0.3, 0.4) is 0 Å². The molecular formula is C12H23N3O. The minimum absolute atomic E-state index is 0.0623. The van der Waals surface area contributed by atoms with Gasteiger partial charge in [-0.2, -0.15) is 0 Å². The van der Waals surface area contributed by atoms with Crippen molar-refractivity contribution in [3.8, 4) is 0 Å². The predicted octanol–water partition coefficient (Wildman–Crippen LogP) is 0.419. The maximum atomic E-state index is 11.4. The molecule has 16 heavy (non-hydrogen) atoms. The first kappa shape index (κ1) is 11.9. The van der Waals surface area contributed by atoms with Crippen LogP contribution in [0.25, 0.3) is 0 Å². The van der Waals surface area contributed by atoms with E-state index in [2.05, 4.69) is 16.8 Å². The molecule has 2 rings (SSSR count). The Morgan fingerprint density at radius 3 is 2.69 bits per heavy atom. The molecular weight excluding hydrogens is 202 g/mol. The van der Waals surface area contributed by atoms with E-state index in [0.717, 1.165) is 25.6 Å². The lowest BCUT2D eigenvalue weighted by molar-refractivity contribution is -0.123. The molecule has 92 valence electrons. The van der Waals surface area contributed by atoms with Crippen molar-refractivity contribution in [2.45, 2.75) is 50.7 Å². The summed E-state index contributed by atoms with van der Waals surface area (Å²) in [6.07, 6.45) is 4.60. The van der Waals surface area contributed by atoms with Crippen LogP contribution in [0.4, 0.5) is 0 Å². The van der Waals surface area contributed by atoms with Crippen molar-refractivity contribution in [2.75, 3.05) is 20.1 Å². The van der Waals surface area contributed by atoms with Crippen LogP contribution in [0, 0.1) is 0 Å². The van der Waals surface area contributed by atoms with Crippen LogP contribution < -0.4 is 5.73 Å². The van der Waals surface area contributed by atoms with Crippen molar-refractivity contribution < 1.29 is 4.79 Å². The summed E-state index contributed by atoms with van der Waals surface area (Å²) in [4.78, 5) is 16.2. The Balaban J connectivity index is 2.05. The Morgan fingerprint density at radius 1 is 1.38 bits per heavy atom. The number of nitrogens with zero attached hydrogens (tertiary/aromatic N) is 2. The van der Waals surface area contributed by atoms with Crippen LogP contribution in [-0.4, -0.2) is 54.0 Å². The van der Waals surface area contributed by atoms with Crippen molar-refractivity contribution in [1.29, 1.82) is 0 Å². The van der Waals surface area contributed by atoms with Crippen LogP contribution in [0.5, 0.6) is 0 Å². The fraction of sp³-hybridized carbons (Fsp3) is 0.917. The minimum Gasteiger partial charge on any atom is -0.368 e. The second-order valence-electron chi connectivity index (χ2n) is 5.16. The molecule has 2 saturated heterocycles. The lowest BCUT2D eigenvalue weighted by Crippen LogP contribution is -2.48. The number of amides is 1. The molecule has 2 fully saturated rings. The molecule has 0 aromatic rings. The van der Waals surface area contributed by atoms with E-state index < -0.39 is 0 Å². The molecule has 0 radical (unpaired) electrons. The fourth-order valence-electron chi connectivity index (χ4n) is 3.26. The van der Waals surface area contributed by atoms with Gasteiger partial charge in [-0.1, -0.05) is 6.92 Å². The van der Waals surface area contributed by atoms with Crippen LogP contribution >= 0.6 is 0 Å². The van der Waals surface area contributed by atoms with Gasteiger partial charge in [0.25, 0.3) is 0 Å². The van der Waals surface area contributed by atoms with E-state index in [9.17, 15) is 4.79 Å². The van der Waals surface area contributed by atoms with E-state index in [1.807, 2.05) is 6.92 Å². The van der Waals surface area contributed by atoms with Gasteiger partial charge in [0.05, 0.1) is 6.04 Å². The van der Waals surface area contributed by atoms with Crippen LogP contribution in [0.15, 0.2) is 0 Å². The third kappa shape index (κ3) is 2.09. The molecule has 4 heteroatoms. The van der Waals surface area contributed by atoms with Gasteiger partial charge in [0.15, 0.2) is 0 Å². The van der Waals surface area contributed by atoms with Crippen molar-refractivity contribution in [3.63, 3.8) is 0 Å². The van der Waals surface area contributed by atoms with E-state index in [1.54, 1.807) is 0 Å². The summed E-state index contributed by atoms with van der Waals surface area (Å²) in [5.74, 6) is -0.164. The first-order valence-electron chi connectivity index (χ1n) is 6.38. The van der Waals surface area contributed by atoms with Crippen LogP contribution in [0.2, 0.25) is 0 Å². The number of hydrogen-bond acceptors (Lipinski definition) is 3. The van der Waals surface area contributed by atoms with Crippen molar-refractivity contribution in [3.05, 3.63) is 0 Å². The highest BCUT2D eigenvalue weighted by Crippen LogP contribution is 2.29. The third-order valence-corrected chi connectivity index (χ3v) is 4.34. The summed E-state index contributed by atoms with van der Waals surface area (Å²) in [6, 6.07) is 1.29. The number of carbonyl (C=O) groups is 1. The predicted molar refractivity (Wildman–Crippen MR) is 64.0 cm³/mol. The van der Waals surface area contributed by atoms with Gasteiger partial charge < -0.3 is 5.73 Å². The van der Waals surface area contributed by atoms with E-state index in [0.29, 0.717) is 6.04 Å². The molecule has 0 aromatic carbocycles. The molecule has 1 amide bonds. The van der Waals surface area contributed by atoms with E-state index in [-0.39, 0.29) is 11.9 Å². The number of likely N-dealkylation sites (tertiary alicyclic amines) is 1. The molecule has 0 spiro atoms. The number of hydrogen-bond donors (Lipinski definition) is 1. The molecule has 2 bridgehead atoms. The molecule has 3 unspecified atom stereocenters.